The topological polar surface area (TPSA) is 56.5 Å². The lowest BCUT2D eigenvalue weighted by Gasteiger charge is -2.04. The molecule has 3 aromatic rings. The van der Waals surface area contributed by atoms with Crippen molar-refractivity contribution in [2.24, 2.45) is 0 Å². The molecule has 0 fully saturated rings. The van der Waals surface area contributed by atoms with Crippen molar-refractivity contribution in [3.05, 3.63) is 52.7 Å². The molecular formula is C15H12ClN3O2. The Balaban J connectivity index is 2.18. The van der Waals surface area contributed by atoms with Crippen LogP contribution in [0.4, 0.5) is 0 Å². The summed E-state index contributed by atoms with van der Waals surface area (Å²) < 4.78 is 6.47. The molecule has 5 nitrogen and oxygen atoms in total. The summed E-state index contributed by atoms with van der Waals surface area (Å²) in [5, 5.41) is 8.92. The van der Waals surface area contributed by atoms with Crippen LogP contribution in [0.3, 0.4) is 0 Å². The maximum atomic E-state index is 11.6. The van der Waals surface area contributed by atoms with Crippen LogP contribution in [0, 0.1) is 6.92 Å². The van der Waals surface area contributed by atoms with Gasteiger partial charge in [-0.25, -0.2) is 4.79 Å². The highest BCUT2D eigenvalue weighted by Gasteiger charge is 2.12. The minimum absolute atomic E-state index is 0.404. The second-order valence-corrected chi connectivity index (χ2v) is 5.03. The number of carbonyl (C=O) groups excluding carboxylic acids is 1. The van der Waals surface area contributed by atoms with E-state index >= 15 is 0 Å². The van der Waals surface area contributed by atoms with Gasteiger partial charge in [-0.1, -0.05) is 23.7 Å². The molecular weight excluding hydrogens is 290 g/mol. The van der Waals surface area contributed by atoms with E-state index in [9.17, 15) is 4.79 Å². The van der Waals surface area contributed by atoms with Crippen molar-refractivity contribution < 1.29 is 9.53 Å². The number of nitrogens with zero attached hydrogens (tertiary/aromatic N) is 3. The van der Waals surface area contributed by atoms with E-state index in [0.717, 1.165) is 11.1 Å². The third kappa shape index (κ3) is 2.36. The van der Waals surface area contributed by atoms with Gasteiger partial charge in [0.15, 0.2) is 11.5 Å². The van der Waals surface area contributed by atoms with Crippen LogP contribution in [0.25, 0.3) is 17.0 Å². The third-order valence-corrected chi connectivity index (χ3v) is 3.66. The molecule has 0 N–H and O–H groups in total. The number of benzene rings is 1. The van der Waals surface area contributed by atoms with Crippen LogP contribution >= 0.6 is 11.6 Å². The zero-order valence-corrected chi connectivity index (χ0v) is 12.3. The molecule has 0 saturated carbocycles. The summed E-state index contributed by atoms with van der Waals surface area (Å²) in [6, 6.07) is 9.05. The highest BCUT2D eigenvalue weighted by molar-refractivity contribution is 6.31. The van der Waals surface area contributed by atoms with Gasteiger partial charge in [0.25, 0.3) is 0 Å². The Morgan fingerprint density at radius 1 is 1.24 bits per heavy atom. The van der Waals surface area contributed by atoms with E-state index < -0.39 is 5.97 Å². The molecule has 0 aliphatic heterocycles. The largest absolute Gasteiger partial charge is 0.465 e. The zero-order chi connectivity index (χ0) is 15.0. The summed E-state index contributed by atoms with van der Waals surface area (Å²) in [4.78, 5) is 11.6. The number of hydrogen-bond donors (Lipinski definition) is 0. The minimum atomic E-state index is -0.404. The number of ether oxygens (including phenoxy) is 1. The van der Waals surface area contributed by atoms with Crippen LogP contribution in [0.2, 0.25) is 5.02 Å². The van der Waals surface area contributed by atoms with Gasteiger partial charge in [-0.15, -0.1) is 10.2 Å². The fourth-order valence-electron chi connectivity index (χ4n) is 2.06. The number of aryl methyl sites for hydroxylation is 1. The van der Waals surface area contributed by atoms with Crippen molar-refractivity contribution in [2.45, 2.75) is 6.92 Å². The monoisotopic (exact) mass is 301 g/mol. The maximum Gasteiger partial charge on any atom is 0.339 e. The molecule has 1 aromatic carbocycles. The van der Waals surface area contributed by atoms with Gasteiger partial charge in [0.2, 0.25) is 0 Å². The van der Waals surface area contributed by atoms with E-state index in [1.807, 2.05) is 25.1 Å². The fraction of sp³-hybridized carbons (Fsp3) is 0.133. The van der Waals surface area contributed by atoms with E-state index in [1.54, 1.807) is 22.7 Å². The second kappa shape index (κ2) is 5.18. The third-order valence-electron chi connectivity index (χ3n) is 3.25. The molecule has 106 valence electrons. The van der Waals surface area contributed by atoms with Crippen molar-refractivity contribution in [2.75, 3.05) is 7.11 Å². The Labute approximate surface area is 126 Å². The summed E-state index contributed by atoms with van der Waals surface area (Å²) >= 11 is 6.15. The molecule has 21 heavy (non-hydrogen) atoms. The van der Waals surface area contributed by atoms with Gasteiger partial charge in [0.1, 0.15) is 0 Å². The van der Waals surface area contributed by atoms with Crippen LogP contribution in [0.5, 0.6) is 0 Å². The van der Waals surface area contributed by atoms with Crippen LogP contribution in [0.1, 0.15) is 15.9 Å². The number of pyridine rings is 1. The molecule has 2 aromatic heterocycles. The minimum Gasteiger partial charge on any atom is -0.465 e. The number of halogens is 1. The maximum absolute atomic E-state index is 11.6. The average Bonchev–Trinajstić information content (AvgIpc) is 2.92. The number of methoxy groups -OCH3 is 1. The van der Waals surface area contributed by atoms with Gasteiger partial charge in [-0.05, 0) is 30.7 Å². The molecule has 0 saturated heterocycles. The second-order valence-electron chi connectivity index (χ2n) is 4.63. The Kier molecular flexibility index (Phi) is 3.35. The number of rotatable bonds is 2. The number of hydrogen-bond acceptors (Lipinski definition) is 4. The SMILES string of the molecule is COC(=O)c1ccc2nnc(-c3ccc(C)c(Cl)c3)n2c1. The Morgan fingerprint density at radius 2 is 2.05 bits per heavy atom. The summed E-state index contributed by atoms with van der Waals surface area (Å²) in [5.41, 5.74) is 2.91. The molecule has 2 heterocycles. The van der Waals surface area contributed by atoms with Crippen molar-refractivity contribution in [3.8, 4) is 11.4 Å². The zero-order valence-electron chi connectivity index (χ0n) is 11.5. The summed E-state index contributed by atoms with van der Waals surface area (Å²) in [5.74, 6) is 0.219. The van der Waals surface area contributed by atoms with E-state index in [0.29, 0.717) is 22.1 Å². The quantitative estimate of drug-likeness (QED) is 0.682. The standard InChI is InChI=1S/C15H12ClN3O2/c1-9-3-4-10(7-12(9)16)14-18-17-13-6-5-11(8-19(13)14)15(20)21-2/h3-8H,1-2H3. The number of carbonyl (C=O) groups is 1. The normalized spacial score (nSPS) is 10.8. The van der Waals surface area contributed by atoms with Gasteiger partial charge in [0, 0.05) is 16.8 Å². The Hall–Kier alpha value is -2.40. The van der Waals surface area contributed by atoms with Crippen molar-refractivity contribution in [3.63, 3.8) is 0 Å². The number of esters is 1. The van der Waals surface area contributed by atoms with Crippen LogP contribution in [-0.2, 0) is 4.74 Å². The lowest BCUT2D eigenvalue weighted by atomic mass is 10.1. The number of aromatic nitrogens is 3. The highest BCUT2D eigenvalue weighted by atomic mass is 35.5. The first-order chi connectivity index (χ1) is 10.1. The summed E-state index contributed by atoms with van der Waals surface area (Å²) in [6.45, 7) is 1.93. The molecule has 0 aliphatic rings. The van der Waals surface area contributed by atoms with Gasteiger partial charge in [-0.2, -0.15) is 0 Å². The van der Waals surface area contributed by atoms with Gasteiger partial charge in [0.05, 0.1) is 12.7 Å². The van der Waals surface area contributed by atoms with Gasteiger partial charge in [-0.3, -0.25) is 4.40 Å². The van der Waals surface area contributed by atoms with Crippen molar-refractivity contribution in [1.29, 1.82) is 0 Å². The lowest BCUT2D eigenvalue weighted by molar-refractivity contribution is 0.0600. The molecule has 0 amide bonds. The molecule has 0 atom stereocenters. The molecule has 0 aliphatic carbocycles. The lowest BCUT2D eigenvalue weighted by Crippen LogP contribution is -2.03. The highest BCUT2D eigenvalue weighted by Crippen LogP contribution is 2.24. The first kappa shape index (κ1) is 13.6. The van der Waals surface area contributed by atoms with Crippen LogP contribution in [0.15, 0.2) is 36.5 Å². The van der Waals surface area contributed by atoms with Crippen molar-refractivity contribution in [1.82, 2.24) is 14.6 Å². The van der Waals surface area contributed by atoms with Gasteiger partial charge >= 0.3 is 5.97 Å². The predicted octanol–water partition coefficient (Wildman–Crippen LogP) is 3.14. The first-order valence-electron chi connectivity index (χ1n) is 6.30. The van der Waals surface area contributed by atoms with E-state index in [-0.39, 0.29) is 0 Å². The van der Waals surface area contributed by atoms with Gasteiger partial charge < -0.3 is 4.74 Å². The average molecular weight is 302 g/mol. The molecule has 0 unspecified atom stereocenters. The van der Waals surface area contributed by atoms with Crippen LogP contribution < -0.4 is 0 Å². The van der Waals surface area contributed by atoms with E-state index in [2.05, 4.69) is 10.2 Å². The fourth-order valence-corrected chi connectivity index (χ4v) is 2.24. The van der Waals surface area contributed by atoms with E-state index in [1.165, 1.54) is 7.11 Å². The van der Waals surface area contributed by atoms with E-state index in [4.69, 9.17) is 16.3 Å². The predicted molar refractivity (Wildman–Crippen MR) is 79.5 cm³/mol. The smallest absolute Gasteiger partial charge is 0.339 e. The molecule has 3 rings (SSSR count). The summed E-state index contributed by atoms with van der Waals surface area (Å²) in [6.07, 6.45) is 1.66. The Morgan fingerprint density at radius 3 is 2.76 bits per heavy atom. The number of fused-ring (bicyclic) bond motifs is 1. The molecule has 0 spiro atoms. The summed E-state index contributed by atoms with van der Waals surface area (Å²) in [7, 11) is 1.35. The Bertz CT molecular complexity index is 842. The van der Waals surface area contributed by atoms with Crippen LogP contribution in [-0.4, -0.2) is 27.7 Å². The molecule has 6 heteroatoms. The first-order valence-corrected chi connectivity index (χ1v) is 6.67. The molecule has 0 radical (unpaired) electrons. The molecule has 0 bridgehead atoms. The van der Waals surface area contributed by atoms with Crippen molar-refractivity contribution >= 4 is 23.2 Å².